The first-order valence-corrected chi connectivity index (χ1v) is 10.6. The van der Waals surface area contributed by atoms with Crippen molar-refractivity contribution in [2.75, 3.05) is 40.4 Å². The van der Waals surface area contributed by atoms with Crippen LogP contribution in [0.1, 0.15) is 11.1 Å². The summed E-state index contributed by atoms with van der Waals surface area (Å²) in [4.78, 5) is 23.1. The number of carboxylic acids is 2. The Morgan fingerprint density at radius 1 is 0.844 bits per heavy atom. The van der Waals surface area contributed by atoms with Crippen LogP contribution < -0.4 is 9.47 Å². The maximum Gasteiger partial charge on any atom is 0.414 e. The van der Waals surface area contributed by atoms with Gasteiger partial charge in [0.05, 0.1) is 14.2 Å². The Morgan fingerprint density at radius 2 is 1.25 bits per heavy atom. The Kier molecular flexibility index (Phi) is 9.76. The molecule has 1 heterocycles. The number of nitrogens with zero attached hydrogens (tertiary/aromatic N) is 2. The van der Waals surface area contributed by atoms with Crippen LogP contribution in [0.2, 0.25) is 0 Å². The van der Waals surface area contributed by atoms with Crippen molar-refractivity contribution in [2.24, 2.45) is 0 Å². The molecule has 0 amide bonds. The molecular formula is C22H27BrN2O7. The molecule has 0 aromatic heterocycles. The van der Waals surface area contributed by atoms with Gasteiger partial charge in [0.15, 0.2) is 11.5 Å². The maximum absolute atomic E-state index is 10.0. The van der Waals surface area contributed by atoms with Gasteiger partial charge in [-0.2, -0.15) is 0 Å². The van der Waals surface area contributed by atoms with E-state index in [9.17, 15) is 5.11 Å². The minimum absolute atomic E-state index is 0.0538. The van der Waals surface area contributed by atoms with Crippen molar-refractivity contribution in [3.63, 3.8) is 0 Å². The standard InChI is InChI=1S/C20H25BrN2O3.C2H2O4/c1-25-18-11-16(12-19(26-2)20(18)24)14-23-9-7-22(8-10-23)13-15-3-5-17(21)6-4-15;3-1(4)2(5)6/h3-6,11-12,24H,7-10,13-14H2,1-2H3;(H,3,4)(H,5,6). The van der Waals surface area contributed by atoms with E-state index in [1.54, 1.807) is 14.2 Å². The molecule has 0 radical (unpaired) electrons. The van der Waals surface area contributed by atoms with E-state index in [1.807, 2.05) is 12.1 Å². The number of aromatic hydroxyl groups is 1. The van der Waals surface area contributed by atoms with Gasteiger partial charge in [0.25, 0.3) is 0 Å². The molecule has 10 heteroatoms. The lowest BCUT2D eigenvalue weighted by Crippen LogP contribution is -2.45. The lowest BCUT2D eigenvalue weighted by atomic mass is 10.1. The molecule has 2 aromatic rings. The quantitative estimate of drug-likeness (QED) is 0.503. The van der Waals surface area contributed by atoms with Crippen molar-refractivity contribution in [3.8, 4) is 17.2 Å². The molecule has 32 heavy (non-hydrogen) atoms. The van der Waals surface area contributed by atoms with E-state index < -0.39 is 11.9 Å². The summed E-state index contributed by atoms with van der Waals surface area (Å²) in [6.45, 7) is 5.93. The molecule has 1 saturated heterocycles. The zero-order valence-electron chi connectivity index (χ0n) is 18.0. The first-order valence-electron chi connectivity index (χ1n) is 9.82. The van der Waals surface area contributed by atoms with Crippen molar-refractivity contribution in [3.05, 3.63) is 52.0 Å². The Balaban J connectivity index is 0.000000534. The molecule has 0 spiro atoms. The number of aliphatic carboxylic acids is 2. The second-order valence-corrected chi connectivity index (χ2v) is 8.05. The van der Waals surface area contributed by atoms with E-state index in [-0.39, 0.29) is 5.75 Å². The Hall–Kier alpha value is -2.82. The summed E-state index contributed by atoms with van der Waals surface area (Å²) < 4.78 is 11.6. The van der Waals surface area contributed by atoms with Gasteiger partial charge < -0.3 is 24.8 Å². The number of phenolic OH excluding ortho intramolecular Hbond substituents is 1. The van der Waals surface area contributed by atoms with E-state index in [1.165, 1.54) is 5.56 Å². The number of benzene rings is 2. The number of ether oxygens (including phenoxy) is 2. The molecule has 3 N–H and O–H groups in total. The summed E-state index contributed by atoms with van der Waals surface area (Å²) in [5.74, 6) is -2.69. The smallest absolute Gasteiger partial charge is 0.414 e. The number of phenols is 1. The minimum Gasteiger partial charge on any atom is -0.502 e. The second kappa shape index (κ2) is 12.3. The largest absolute Gasteiger partial charge is 0.502 e. The first-order chi connectivity index (χ1) is 15.2. The highest BCUT2D eigenvalue weighted by atomic mass is 79.9. The van der Waals surface area contributed by atoms with Crippen molar-refractivity contribution in [2.45, 2.75) is 13.1 Å². The predicted molar refractivity (Wildman–Crippen MR) is 121 cm³/mol. The van der Waals surface area contributed by atoms with E-state index in [2.05, 4.69) is 50.0 Å². The van der Waals surface area contributed by atoms with Crippen LogP contribution in [0.4, 0.5) is 0 Å². The van der Waals surface area contributed by atoms with E-state index >= 15 is 0 Å². The third-order valence-corrected chi connectivity index (χ3v) is 5.44. The van der Waals surface area contributed by atoms with E-state index in [4.69, 9.17) is 29.3 Å². The zero-order valence-corrected chi connectivity index (χ0v) is 19.5. The van der Waals surface area contributed by atoms with Gasteiger partial charge in [-0.15, -0.1) is 0 Å². The molecule has 0 unspecified atom stereocenters. The van der Waals surface area contributed by atoms with Crippen LogP contribution in [0.25, 0.3) is 0 Å². The van der Waals surface area contributed by atoms with Crippen molar-refractivity contribution in [1.29, 1.82) is 0 Å². The van der Waals surface area contributed by atoms with Gasteiger partial charge in [-0.1, -0.05) is 28.1 Å². The Labute approximate surface area is 194 Å². The van der Waals surface area contributed by atoms with Crippen LogP contribution in [0.15, 0.2) is 40.9 Å². The average molecular weight is 511 g/mol. The fourth-order valence-corrected chi connectivity index (χ4v) is 3.52. The normalized spacial score (nSPS) is 14.2. The summed E-state index contributed by atoms with van der Waals surface area (Å²) in [6.07, 6.45) is 0. The summed E-state index contributed by atoms with van der Waals surface area (Å²) >= 11 is 3.48. The lowest BCUT2D eigenvalue weighted by molar-refractivity contribution is -0.159. The van der Waals surface area contributed by atoms with Crippen LogP contribution in [-0.2, 0) is 22.7 Å². The summed E-state index contributed by atoms with van der Waals surface area (Å²) in [7, 11) is 3.11. The summed E-state index contributed by atoms with van der Waals surface area (Å²) in [5.41, 5.74) is 2.42. The zero-order chi connectivity index (χ0) is 23.7. The molecule has 2 aromatic carbocycles. The topological polar surface area (TPSA) is 120 Å². The number of methoxy groups -OCH3 is 2. The Morgan fingerprint density at radius 3 is 1.62 bits per heavy atom. The van der Waals surface area contributed by atoms with Gasteiger partial charge in [0.2, 0.25) is 5.75 Å². The highest BCUT2D eigenvalue weighted by molar-refractivity contribution is 9.10. The number of hydrogen-bond donors (Lipinski definition) is 3. The number of rotatable bonds is 6. The molecule has 9 nitrogen and oxygen atoms in total. The van der Waals surface area contributed by atoms with Crippen LogP contribution in [0.5, 0.6) is 17.2 Å². The molecule has 0 aliphatic carbocycles. The van der Waals surface area contributed by atoms with Crippen LogP contribution in [0.3, 0.4) is 0 Å². The Bertz CT molecular complexity index is 876. The highest BCUT2D eigenvalue weighted by Gasteiger charge is 2.19. The lowest BCUT2D eigenvalue weighted by Gasteiger charge is -2.34. The van der Waals surface area contributed by atoms with Crippen LogP contribution in [0, 0.1) is 0 Å². The van der Waals surface area contributed by atoms with Crippen LogP contribution >= 0.6 is 15.9 Å². The molecule has 3 rings (SSSR count). The SMILES string of the molecule is COc1cc(CN2CCN(Cc3ccc(Br)cc3)CC2)cc(OC)c1O.O=C(O)C(=O)O. The monoisotopic (exact) mass is 510 g/mol. The van der Waals surface area contributed by atoms with Crippen molar-refractivity contribution >= 4 is 27.9 Å². The molecule has 1 aliphatic rings. The number of hydrogen-bond acceptors (Lipinski definition) is 7. The van der Waals surface area contributed by atoms with Gasteiger partial charge in [-0.3, -0.25) is 9.80 Å². The molecule has 0 atom stereocenters. The molecule has 0 saturated carbocycles. The van der Waals surface area contributed by atoms with Gasteiger partial charge in [-0.05, 0) is 35.4 Å². The molecule has 1 aliphatic heterocycles. The highest BCUT2D eigenvalue weighted by Crippen LogP contribution is 2.37. The van der Waals surface area contributed by atoms with Gasteiger partial charge in [-0.25, -0.2) is 9.59 Å². The summed E-state index contributed by atoms with van der Waals surface area (Å²) in [5, 5.41) is 24.8. The van der Waals surface area contributed by atoms with Gasteiger partial charge >= 0.3 is 11.9 Å². The third-order valence-electron chi connectivity index (χ3n) is 4.91. The van der Waals surface area contributed by atoms with E-state index in [0.29, 0.717) is 11.5 Å². The molecule has 0 bridgehead atoms. The van der Waals surface area contributed by atoms with Gasteiger partial charge in [0, 0.05) is 43.7 Å². The van der Waals surface area contributed by atoms with E-state index in [0.717, 1.165) is 49.3 Å². The third kappa shape index (κ3) is 7.70. The van der Waals surface area contributed by atoms with Crippen molar-refractivity contribution in [1.82, 2.24) is 9.80 Å². The van der Waals surface area contributed by atoms with Gasteiger partial charge in [0.1, 0.15) is 0 Å². The fourth-order valence-electron chi connectivity index (χ4n) is 3.25. The number of carboxylic acid groups (broad SMARTS) is 2. The predicted octanol–water partition coefficient (Wildman–Crippen LogP) is 2.65. The number of halogens is 1. The molecule has 174 valence electrons. The maximum atomic E-state index is 10.0. The summed E-state index contributed by atoms with van der Waals surface area (Å²) in [6, 6.07) is 12.3. The molecule has 1 fully saturated rings. The number of carbonyl (C=O) groups is 2. The van der Waals surface area contributed by atoms with Crippen molar-refractivity contribution < 1.29 is 34.4 Å². The second-order valence-electron chi connectivity index (χ2n) is 7.14. The average Bonchev–Trinajstić information content (AvgIpc) is 2.78. The van der Waals surface area contributed by atoms with Crippen LogP contribution in [-0.4, -0.2) is 77.5 Å². The fraction of sp³-hybridized carbons (Fsp3) is 0.364. The molecular weight excluding hydrogens is 484 g/mol. The first kappa shape index (κ1) is 25.4. The number of piperazine rings is 1. The minimum atomic E-state index is -1.82.